The number of hydrogen-bond acceptors (Lipinski definition) is 2. The Morgan fingerprint density at radius 1 is 1.14 bits per heavy atom. The number of benzene rings is 1. The molecule has 2 aliphatic rings. The van der Waals surface area contributed by atoms with Gasteiger partial charge in [-0.1, -0.05) is 52.0 Å². The van der Waals surface area contributed by atoms with E-state index in [-0.39, 0.29) is 29.2 Å². The molecule has 2 fully saturated rings. The molecule has 0 unspecified atom stereocenters. The molecule has 28 heavy (non-hydrogen) atoms. The molecule has 0 spiro atoms. The van der Waals surface area contributed by atoms with Crippen molar-refractivity contribution >= 4 is 11.8 Å². The average Bonchev–Trinajstić information content (AvgIpc) is 2.55. The van der Waals surface area contributed by atoms with Gasteiger partial charge in [0.25, 0.3) is 0 Å². The van der Waals surface area contributed by atoms with Crippen LogP contribution in [0, 0.1) is 5.92 Å². The number of nitrogens with zero attached hydrogens (tertiary/aromatic N) is 1. The number of carbonyl (C=O) groups excluding carboxylic acids is 2. The van der Waals surface area contributed by atoms with Crippen molar-refractivity contribution in [3.05, 3.63) is 35.4 Å². The molecule has 2 saturated carbocycles. The Hall–Kier alpha value is -1.84. The molecule has 4 heteroatoms. The molecule has 0 atom stereocenters. The smallest absolute Gasteiger partial charge is 0.225 e. The highest BCUT2D eigenvalue weighted by Gasteiger charge is 2.41. The van der Waals surface area contributed by atoms with Gasteiger partial charge in [0.1, 0.15) is 0 Å². The fourth-order valence-corrected chi connectivity index (χ4v) is 4.37. The average molecular weight is 385 g/mol. The van der Waals surface area contributed by atoms with Crippen LogP contribution in [0.25, 0.3) is 0 Å². The summed E-state index contributed by atoms with van der Waals surface area (Å²) in [6.07, 6.45) is 5.14. The first kappa shape index (κ1) is 20.9. The van der Waals surface area contributed by atoms with Crippen molar-refractivity contribution in [2.75, 3.05) is 7.05 Å². The standard InChI is InChI=1S/C24H36N2O2/c1-6-8-22(27)25-20-12-18(13-20)23(28)26(5)21-14-17(15-21)16-9-7-10-19(11-16)24(2,3)4/h7,9-11,17-18,20-21H,6,8,12-15H2,1-5H3,(H,25,27)/t17-,18-,20+,21+. The van der Waals surface area contributed by atoms with Crippen molar-refractivity contribution in [3.8, 4) is 0 Å². The molecular weight excluding hydrogens is 348 g/mol. The van der Waals surface area contributed by atoms with Gasteiger partial charge in [0, 0.05) is 31.5 Å². The molecule has 0 saturated heterocycles. The Morgan fingerprint density at radius 3 is 2.43 bits per heavy atom. The zero-order chi connectivity index (χ0) is 20.5. The summed E-state index contributed by atoms with van der Waals surface area (Å²) < 4.78 is 0. The monoisotopic (exact) mass is 384 g/mol. The van der Waals surface area contributed by atoms with Gasteiger partial charge >= 0.3 is 0 Å². The van der Waals surface area contributed by atoms with Gasteiger partial charge in [0.15, 0.2) is 0 Å². The lowest BCUT2D eigenvalue weighted by Crippen LogP contribution is -2.53. The lowest BCUT2D eigenvalue weighted by Gasteiger charge is -2.45. The van der Waals surface area contributed by atoms with E-state index < -0.39 is 0 Å². The van der Waals surface area contributed by atoms with Gasteiger partial charge in [-0.2, -0.15) is 0 Å². The largest absolute Gasteiger partial charge is 0.353 e. The fourth-order valence-electron chi connectivity index (χ4n) is 4.37. The van der Waals surface area contributed by atoms with Gasteiger partial charge < -0.3 is 10.2 Å². The third kappa shape index (κ3) is 4.59. The molecule has 2 aliphatic carbocycles. The Bertz CT molecular complexity index is 710. The molecule has 0 heterocycles. The summed E-state index contributed by atoms with van der Waals surface area (Å²) in [6.45, 7) is 8.75. The zero-order valence-electron chi connectivity index (χ0n) is 18.1. The van der Waals surface area contributed by atoms with Crippen LogP contribution in [0.4, 0.5) is 0 Å². The Balaban J connectivity index is 1.46. The van der Waals surface area contributed by atoms with Crippen molar-refractivity contribution in [2.45, 2.75) is 89.6 Å². The maximum atomic E-state index is 12.8. The third-order valence-corrected chi connectivity index (χ3v) is 6.56. The van der Waals surface area contributed by atoms with Gasteiger partial charge in [-0.05, 0) is 54.6 Å². The number of carbonyl (C=O) groups is 2. The van der Waals surface area contributed by atoms with Gasteiger partial charge in [-0.25, -0.2) is 0 Å². The molecule has 154 valence electrons. The highest BCUT2D eigenvalue weighted by molar-refractivity contribution is 5.81. The summed E-state index contributed by atoms with van der Waals surface area (Å²) in [5.41, 5.74) is 2.95. The molecule has 2 amide bonds. The van der Waals surface area contributed by atoms with E-state index in [9.17, 15) is 9.59 Å². The molecular formula is C24H36N2O2. The van der Waals surface area contributed by atoms with Gasteiger partial charge in [-0.15, -0.1) is 0 Å². The summed E-state index contributed by atoms with van der Waals surface area (Å²) in [5, 5.41) is 3.03. The number of rotatable bonds is 6. The molecule has 3 rings (SSSR count). The summed E-state index contributed by atoms with van der Waals surface area (Å²) in [5.74, 6) is 1.02. The molecule has 1 aromatic rings. The van der Waals surface area contributed by atoms with Crippen molar-refractivity contribution < 1.29 is 9.59 Å². The maximum Gasteiger partial charge on any atom is 0.225 e. The van der Waals surface area contributed by atoms with E-state index in [0.717, 1.165) is 32.1 Å². The molecule has 1 N–H and O–H groups in total. The minimum absolute atomic E-state index is 0.0835. The first-order valence-electron chi connectivity index (χ1n) is 10.9. The van der Waals surface area contributed by atoms with E-state index in [0.29, 0.717) is 18.4 Å². The second-order valence-corrected chi connectivity index (χ2v) is 9.83. The van der Waals surface area contributed by atoms with Crippen LogP contribution < -0.4 is 5.32 Å². The second-order valence-electron chi connectivity index (χ2n) is 9.83. The van der Waals surface area contributed by atoms with E-state index in [1.54, 1.807) is 0 Å². The quantitative estimate of drug-likeness (QED) is 0.791. The van der Waals surface area contributed by atoms with E-state index in [1.807, 2.05) is 18.9 Å². The molecule has 0 aromatic heterocycles. The third-order valence-electron chi connectivity index (χ3n) is 6.56. The van der Waals surface area contributed by atoms with Crippen LogP contribution in [-0.2, 0) is 15.0 Å². The number of hydrogen-bond donors (Lipinski definition) is 1. The Morgan fingerprint density at radius 2 is 1.82 bits per heavy atom. The summed E-state index contributed by atoms with van der Waals surface area (Å²) >= 11 is 0. The normalized spacial score (nSPS) is 26.8. The maximum absolute atomic E-state index is 12.8. The van der Waals surface area contributed by atoms with Crippen molar-refractivity contribution in [2.24, 2.45) is 5.92 Å². The summed E-state index contributed by atoms with van der Waals surface area (Å²) in [4.78, 5) is 26.4. The van der Waals surface area contributed by atoms with Crippen LogP contribution in [0.1, 0.15) is 83.3 Å². The molecule has 0 radical (unpaired) electrons. The van der Waals surface area contributed by atoms with Crippen molar-refractivity contribution in [3.63, 3.8) is 0 Å². The SMILES string of the molecule is CCCC(=O)N[C@H]1C[C@@H](C(=O)N(C)[C@H]2C[C@@H](c3cccc(C(C)(C)C)c3)C2)C1. The molecule has 0 aliphatic heterocycles. The van der Waals surface area contributed by atoms with Crippen molar-refractivity contribution in [1.29, 1.82) is 0 Å². The van der Waals surface area contributed by atoms with E-state index in [2.05, 4.69) is 50.4 Å². The van der Waals surface area contributed by atoms with E-state index >= 15 is 0 Å². The highest BCUT2D eigenvalue weighted by Crippen LogP contribution is 2.41. The fraction of sp³-hybridized carbons (Fsp3) is 0.667. The predicted octanol–water partition coefficient (Wildman–Crippen LogP) is 4.38. The van der Waals surface area contributed by atoms with Crippen LogP contribution in [0.3, 0.4) is 0 Å². The Kier molecular flexibility index (Phi) is 6.16. The first-order valence-corrected chi connectivity index (χ1v) is 10.9. The summed E-state index contributed by atoms with van der Waals surface area (Å²) in [6, 6.07) is 9.49. The number of nitrogens with one attached hydrogen (secondary N) is 1. The molecule has 1 aromatic carbocycles. The minimum Gasteiger partial charge on any atom is -0.353 e. The van der Waals surface area contributed by atoms with Gasteiger partial charge in [0.2, 0.25) is 11.8 Å². The molecule has 4 nitrogen and oxygen atoms in total. The zero-order valence-corrected chi connectivity index (χ0v) is 18.1. The van der Waals surface area contributed by atoms with Crippen LogP contribution in [0.15, 0.2) is 24.3 Å². The topological polar surface area (TPSA) is 49.4 Å². The van der Waals surface area contributed by atoms with Gasteiger partial charge in [-0.3, -0.25) is 9.59 Å². The predicted molar refractivity (Wildman–Crippen MR) is 113 cm³/mol. The van der Waals surface area contributed by atoms with Gasteiger partial charge in [0.05, 0.1) is 0 Å². The second kappa shape index (κ2) is 8.26. The van der Waals surface area contributed by atoms with E-state index in [1.165, 1.54) is 11.1 Å². The summed E-state index contributed by atoms with van der Waals surface area (Å²) in [7, 11) is 1.96. The first-order chi connectivity index (χ1) is 13.2. The van der Waals surface area contributed by atoms with Crippen molar-refractivity contribution in [1.82, 2.24) is 10.2 Å². The minimum atomic E-state index is 0.0835. The lowest BCUT2D eigenvalue weighted by molar-refractivity contribution is -0.142. The number of amides is 2. The lowest BCUT2D eigenvalue weighted by atomic mass is 9.72. The molecule has 0 bridgehead atoms. The Labute approximate surface area is 170 Å². The van der Waals surface area contributed by atoms with Crippen LogP contribution in [0.2, 0.25) is 0 Å². The highest BCUT2D eigenvalue weighted by atomic mass is 16.2. The van der Waals surface area contributed by atoms with Crippen LogP contribution in [0.5, 0.6) is 0 Å². The van der Waals surface area contributed by atoms with Crippen LogP contribution in [-0.4, -0.2) is 35.8 Å². The van der Waals surface area contributed by atoms with E-state index in [4.69, 9.17) is 0 Å². The van der Waals surface area contributed by atoms with Crippen LogP contribution >= 0.6 is 0 Å².